The minimum absolute atomic E-state index is 0.0891. The molecule has 0 aromatic rings. The van der Waals surface area contributed by atoms with Gasteiger partial charge in [-0.05, 0) is 51.4 Å². The fraction of sp³-hybridized carbons (Fsp3) is 0.895. The summed E-state index contributed by atoms with van der Waals surface area (Å²) in [5, 5.41) is 0. The average molecular weight is 873 g/mol. The third-order valence-corrected chi connectivity index (χ3v) is 12.5. The minimum atomic E-state index is -0.534. The summed E-state index contributed by atoms with van der Waals surface area (Å²) < 4.78 is 17.5. The second kappa shape index (κ2) is 53.7. The molecule has 0 amide bonds. The van der Waals surface area contributed by atoms with Gasteiger partial charge in [0.15, 0.2) is 6.10 Å². The summed E-state index contributed by atoms with van der Waals surface area (Å²) in [7, 11) is 0. The van der Waals surface area contributed by atoms with Crippen LogP contribution < -0.4 is 0 Å². The Morgan fingerprint density at radius 2 is 0.677 bits per heavy atom. The van der Waals surface area contributed by atoms with E-state index in [-0.39, 0.29) is 25.2 Å². The summed E-state index contributed by atoms with van der Waals surface area (Å²) in [6, 6.07) is 0. The quantitative estimate of drug-likeness (QED) is 0.0346. The van der Waals surface area contributed by atoms with Crippen LogP contribution in [0.5, 0.6) is 0 Å². The molecule has 0 aromatic carbocycles. The summed E-state index contributed by atoms with van der Waals surface area (Å²) in [6.07, 6.45) is 63.3. The van der Waals surface area contributed by atoms with E-state index < -0.39 is 6.10 Å². The van der Waals surface area contributed by atoms with E-state index in [2.05, 4.69) is 45.1 Å². The van der Waals surface area contributed by atoms with Crippen molar-refractivity contribution in [1.82, 2.24) is 0 Å². The first-order chi connectivity index (χ1) is 30.6. The molecule has 62 heavy (non-hydrogen) atoms. The van der Waals surface area contributed by atoms with Gasteiger partial charge >= 0.3 is 11.9 Å². The van der Waals surface area contributed by atoms with Crippen LogP contribution in [0, 0.1) is 0 Å². The molecule has 0 aliphatic rings. The molecule has 0 bridgehead atoms. The Morgan fingerprint density at radius 3 is 1.10 bits per heavy atom. The topological polar surface area (TPSA) is 61.8 Å². The number of ether oxygens (including phenoxy) is 3. The second-order valence-electron chi connectivity index (χ2n) is 18.9. The molecular formula is C57H108O5. The van der Waals surface area contributed by atoms with E-state index in [0.717, 1.165) is 44.9 Å². The molecule has 0 aliphatic heterocycles. The van der Waals surface area contributed by atoms with Crippen molar-refractivity contribution >= 4 is 11.9 Å². The predicted octanol–water partition coefficient (Wildman–Crippen LogP) is 18.8. The molecule has 0 N–H and O–H groups in total. The number of hydrogen-bond acceptors (Lipinski definition) is 5. The van der Waals surface area contributed by atoms with Gasteiger partial charge in [0.05, 0.1) is 6.61 Å². The molecule has 0 unspecified atom stereocenters. The smallest absolute Gasteiger partial charge is 0.306 e. The molecule has 0 spiro atoms. The van der Waals surface area contributed by atoms with Crippen molar-refractivity contribution in [3.05, 3.63) is 24.3 Å². The summed E-state index contributed by atoms with van der Waals surface area (Å²) in [5.41, 5.74) is 0. The number of allylic oxidation sites excluding steroid dienone is 4. The van der Waals surface area contributed by atoms with Gasteiger partial charge in [0.1, 0.15) is 6.61 Å². The van der Waals surface area contributed by atoms with Gasteiger partial charge in [-0.3, -0.25) is 9.59 Å². The van der Waals surface area contributed by atoms with E-state index in [1.807, 2.05) is 0 Å². The molecule has 0 radical (unpaired) electrons. The highest BCUT2D eigenvalue weighted by Crippen LogP contribution is 2.16. The molecule has 1 atom stereocenters. The van der Waals surface area contributed by atoms with Crippen molar-refractivity contribution < 1.29 is 23.8 Å². The largest absolute Gasteiger partial charge is 0.462 e. The van der Waals surface area contributed by atoms with E-state index in [1.54, 1.807) is 0 Å². The lowest BCUT2D eigenvalue weighted by Gasteiger charge is -2.18. The Hall–Kier alpha value is -1.62. The first-order valence-electron chi connectivity index (χ1n) is 27.9. The van der Waals surface area contributed by atoms with Gasteiger partial charge in [-0.15, -0.1) is 0 Å². The Kier molecular flexibility index (Phi) is 52.3. The molecule has 0 heterocycles. The first-order valence-corrected chi connectivity index (χ1v) is 27.9. The number of carbonyl (C=O) groups is 2. The molecule has 5 heteroatoms. The van der Waals surface area contributed by atoms with Crippen LogP contribution in [0.2, 0.25) is 0 Å². The molecule has 0 rings (SSSR count). The minimum Gasteiger partial charge on any atom is -0.462 e. The Balaban J connectivity index is 4.24. The van der Waals surface area contributed by atoms with Crippen molar-refractivity contribution in [3.63, 3.8) is 0 Å². The van der Waals surface area contributed by atoms with Crippen LogP contribution in [-0.2, 0) is 23.8 Å². The first kappa shape index (κ1) is 60.4. The molecule has 0 aliphatic carbocycles. The van der Waals surface area contributed by atoms with Gasteiger partial charge in [-0.2, -0.15) is 0 Å². The van der Waals surface area contributed by atoms with Gasteiger partial charge < -0.3 is 14.2 Å². The van der Waals surface area contributed by atoms with Gasteiger partial charge in [-0.1, -0.05) is 263 Å². The highest BCUT2D eigenvalue weighted by Gasteiger charge is 2.17. The third-order valence-electron chi connectivity index (χ3n) is 12.5. The van der Waals surface area contributed by atoms with Crippen molar-refractivity contribution in [2.75, 3.05) is 19.8 Å². The lowest BCUT2D eigenvalue weighted by Crippen LogP contribution is -2.30. The normalized spacial score (nSPS) is 12.2. The van der Waals surface area contributed by atoms with Crippen LogP contribution in [0.4, 0.5) is 0 Å². The lowest BCUT2D eigenvalue weighted by atomic mass is 10.0. The van der Waals surface area contributed by atoms with Crippen LogP contribution in [-0.4, -0.2) is 37.9 Å². The van der Waals surface area contributed by atoms with E-state index in [0.29, 0.717) is 19.4 Å². The summed E-state index contributed by atoms with van der Waals surface area (Å²) in [5.74, 6) is -0.381. The van der Waals surface area contributed by atoms with Crippen molar-refractivity contribution in [1.29, 1.82) is 0 Å². The van der Waals surface area contributed by atoms with Gasteiger partial charge in [0.25, 0.3) is 0 Å². The Bertz CT molecular complexity index is 943. The Labute approximate surface area is 387 Å². The fourth-order valence-electron chi connectivity index (χ4n) is 8.31. The van der Waals surface area contributed by atoms with Crippen molar-refractivity contribution in [3.8, 4) is 0 Å². The van der Waals surface area contributed by atoms with E-state index in [9.17, 15) is 9.59 Å². The lowest BCUT2D eigenvalue weighted by molar-refractivity contribution is -0.163. The monoisotopic (exact) mass is 873 g/mol. The van der Waals surface area contributed by atoms with Crippen LogP contribution in [0.25, 0.3) is 0 Å². The van der Waals surface area contributed by atoms with Crippen LogP contribution in [0.3, 0.4) is 0 Å². The Morgan fingerprint density at radius 1 is 0.355 bits per heavy atom. The number of hydrogen-bond donors (Lipinski definition) is 0. The van der Waals surface area contributed by atoms with Crippen LogP contribution in [0.15, 0.2) is 24.3 Å². The maximum atomic E-state index is 12.8. The SMILES string of the molecule is CCCCC/C=C\C/C=C\CCCCCCCCOC[C@@H](COC(=O)CCCCCCCCCCCCCCCCC)OC(=O)CCCCCCCCCCCCCCCCC. The standard InChI is InChI=1S/C57H108O5/c1-4-7-10-13-16-19-22-25-28-31-34-37-40-43-46-49-52-60-53-55(62-57(59)51-48-45-42-39-36-33-30-27-24-21-18-15-12-9-6-3)54-61-56(58)50-47-44-41-38-35-32-29-26-23-20-17-14-11-8-5-2/h16,19,25,28,55H,4-15,17-18,20-24,26-27,29-54H2,1-3H3/b19-16-,28-25-/t55-/m0/s1. The maximum absolute atomic E-state index is 12.8. The molecular weight excluding hydrogens is 765 g/mol. The van der Waals surface area contributed by atoms with E-state index in [1.165, 1.54) is 225 Å². The van der Waals surface area contributed by atoms with Crippen molar-refractivity contribution in [2.45, 2.75) is 309 Å². The molecule has 0 saturated carbocycles. The third kappa shape index (κ3) is 51.0. The van der Waals surface area contributed by atoms with Gasteiger partial charge in [0.2, 0.25) is 0 Å². The summed E-state index contributed by atoms with van der Waals surface area (Å²) >= 11 is 0. The van der Waals surface area contributed by atoms with E-state index >= 15 is 0 Å². The average Bonchev–Trinajstić information content (AvgIpc) is 3.27. The zero-order valence-electron chi connectivity index (χ0n) is 42.2. The molecule has 0 fully saturated rings. The van der Waals surface area contributed by atoms with Gasteiger partial charge in [0, 0.05) is 19.4 Å². The summed E-state index contributed by atoms with van der Waals surface area (Å²) in [6.45, 7) is 7.85. The summed E-state index contributed by atoms with van der Waals surface area (Å²) in [4.78, 5) is 25.5. The molecule has 0 saturated heterocycles. The number of carbonyl (C=O) groups excluding carboxylic acids is 2. The van der Waals surface area contributed by atoms with Crippen LogP contribution in [0.1, 0.15) is 303 Å². The second-order valence-corrected chi connectivity index (χ2v) is 18.9. The van der Waals surface area contributed by atoms with Crippen LogP contribution >= 0.6 is 0 Å². The van der Waals surface area contributed by atoms with Gasteiger partial charge in [-0.25, -0.2) is 0 Å². The predicted molar refractivity (Wildman–Crippen MR) is 270 cm³/mol. The highest BCUT2D eigenvalue weighted by molar-refractivity contribution is 5.70. The van der Waals surface area contributed by atoms with Crippen molar-refractivity contribution in [2.24, 2.45) is 0 Å². The number of rotatable bonds is 52. The number of unbranched alkanes of at least 4 members (excludes halogenated alkanes) is 37. The number of esters is 2. The fourth-order valence-corrected chi connectivity index (χ4v) is 8.31. The maximum Gasteiger partial charge on any atom is 0.306 e. The molecule has 366 valence electrons. The molecule has 0 aromatic heterocycles. The zero-order chi connectivity index (χ0) is 44.9. The highest BCUT2D eigenvalue weighted by atomic mass is 16.6. The molecule has 5 nitrogen and oxygen atoms in total. The van der Waals surface area contributed by atoms with E-state index in [4.69, 9.17) is 14.2 Å². The zero-order valence-corrected chi connectivity index (χ0v) is 42.2.